The van der Waals surface area contributed by atoms with Crippen LogP contribution in [-0.4, -0.2) is 33.3 Å². The highest BCUT2D eigenvalue weighted by atomic mass is 16.2. The van der Waals surface area contributed by atoms with Crippen LogP contribution in [0.25, 0.3) is 5.65 Å². The van der Waals surface area contributed by atoms with Crippen molar-refractivity contribution in [3.05, 3.63) is 35.8 Å². The quantitative estimate of drug-likeness (QED) is 0.810. The van der Waals surface area contributed by atoms with Gasteiger partial charge in [0.15, 0.2) is 0 Å². The lowest BCUT2D eigenvalue weighted by atomic mass is 9.75. The molecule has 2 aliphatic rings. The number of carbonyl (C=O) groups excluding carboxylic acids is 1. The van der Waals surface area contributed by atoms with E-state index in [9.17, 15) is 4.79 Å². The molecule has 1 saturated carbocycles. The lowest BCUT2D eigenvalue weighted by molar-refractivity contribution is 0.0516. The van der Waals surface area contributed by atoms with Gasteiger partial charge in [0.05, 0.1) is 0 Å². The van der Waals surface area contributed by atoms with Crippen LogP contribution in [0.3, 0.4) is 0 Å². The summed E-state index contributed by atoms with van der Waals surface area (Å²) in [4.78, 5) is 19.3. The summed E-state index contributed by atoms with van der Waals surface area (Å²) in [7, 11) is 0. The second kappa shape index (κ2) is 5.41. The topological polar surface area (TPSA) is 37.6 Å². The van der Waals surface area contributed by atoms with Gasteiger partial charge in [-0.15, -0.1) is 0 Å². The van der Waals surface area contributed by atoms with Gasteiger partial charge in [0.25, 0.3) is 5.91 Å². The normalized spacial score (nSPS) is 25.2. The molecule has 0 spiro atoms. The van der Waals surface area contributed by atoms with Crippen molar-refractivity contribution >= 4 is 11.6 Å². The number of likely N-dealkylation sites (tertiary alicyclic amines) is 1. The Balaban J connectivity index is 1.55. The molecule has 2 aromatic heterocycles. The minimum absolute atomic E-state index is 0.102. The summed E-state index contributed by atoms with van der Waals surface area (Å²) in [6.07, 6.45) is 10.4. The zero-order valence-electron chi connectivity index (χ0n) is 13.2. The van der Waals surface area contributed by atoms with Gasteiger partial charge in [-0.25, -0.2) is 4.98 Å². The van der Waals surface area contributed by atoms with E-state index in [-0.39, 0.29) is 5.91 Å². The van der Waals surface area contributed by atoms with Gasteiger partial charge in [-0.05, 0) is 49.3 Å². The number of aromatic nitrogens is 2. The van der Waals surface area contributed by atoms with E-state index in [1.807, 2.05) is 40.8 Å². The summed E-state index contributed by atoms with van der Waals surface area (Å²) >= 11 is 0. The van der Waals surface area contributed by atoms with Gasteiger partial charge < -0.3 is 9.30 Å². The maximum Gasteiger partial charge on any atom is 0.274 e. The van der Waals surface area contributed by atoms with Crippen LogP contribution in [0.4, 0.5) is 0 Å². The van der Waals surface area contributed by atoms with E-state index in [1.165, 1.54) is 37.7 Å². The van der Waals surface area contributed by atoms with E-state index in [1.54, 1.807) is 0 Å². The number of imidazole rings is 1. The number of hydrogen-bond acceptors (Lipinski definition) is 2. The van der Waals surface area contributed by atoms with Crippen LogP contribution in [0.1, 0.15) is 48.2 Å². The highest BCUT2D eigenvalue weighted by molar-refractivity contribution is 5.93. The third kappa shape index (κ3) is 2.40. The van der Waals surface area contributed by atoms with E-state index in [4.69, 9.17) is 0 Å². The minimum atomic E-state index is 0.102. The van der Waals surface area contributed by atoms with Crippen molar-refractivity contribution in [3.63, 3.8) is 0 Å². The third-order valence-electron chi connectivity index (χ3n) is 5.41. The van der Waals surface area contributed by atoms with Crippen LogP contribution < -0.4 is 0 Å². The highest BCUT2D eigenvalue weighted by Gasteiger charge is 2.33. The summed E-state index contributed by atoms with van der Waals surface area (Å²) in [6.45, 7) is 3.87. The minimum Gasteiger partial charge on any atom is -0.337 e. The molecule has 1 saturated heterocycles. The molecule has 1 aliphatic heterocycles. The number of rotatable bonds is 1. The average molecular weight is 297 g/mol. The Morgan fingerprint density at radius 1 is 1.23 bits per heavy atom. The molecule has 116 valence electrons. The van der Waals surface area contributed by atoms with Crippen LogP contribution in [-0.2, 0) is 0 Å². The largest absolute Gasteiger partial charge is 0.337 e. The molecule has 1 aliphatic carbocycles. The average Bonchev–Trinajstić information content (AvgIpc) is 2.96. The zero-order chi connectivity index (χ0) is 15.1. The second-order valence-corrected chi connectivity index (χ2v) is 6.94. The molecule has 0 unspecified atom stereocenters. The van der Waals surface area contributed by atoms with Crippen molar-refractivity contribution in [1.82, 2.24) is 14.3 Å². The number of amides is 1. The van der Waals surface area contributed by atoms with Crippen molar-refractivity contribution in [3.8, 4) is 0 Å². The van der Waals surface area contributed by atoms with Gasteiger partial charge in [-0.2, -0.15) is 0 Å². The monoisotopic (exact) mass is 297 g/mol. The molecule has 2 fully saturated rings. The van der Waals surface area contributed by atoms with Gasteiger partial charge in [0, 0.05) is 25.5 Å². The maximum atomic E-state index is 12.8. The molecule has 22 heavy (non-hydrogen) atoms. The van der Waals surface area contributed by atoms with Gasteiger partial charge in [-0.1, -0.05) is 19.3 Å². The third-order valence-corrected chi connectivity index (χ3v) is 5.41. The molecule has 4 nitrogen and oxygen atoms in total. The van der Waals surface area contributed by atoms with Crippen LogP contribution >= 0.6 is 0 Å². The Hall–Kier alpha value is -1.84. The molecule has 0 bridgehead atoms. The highest BCUT2D eigenvalue weighted by Crippen LogP contribution is 2.36. The fraction of sp³-hybridized carbons (Fsp3) is 0.556. The fourth-order valence-electron chi connectivity index (χ4n) is 4.13. The zero-order valence-corrected chi connectivity index (χ0v) is 13.2. The van der Waals surface area contributed by atoms with E-state index >= 15 is 0 Å². The molecule has 4 heteroatoms. The Kier molecular flexibility index (Phi) is 3.40. The number of aryl methyl sites for hydroxylation is 1. The standard InChI is InChI=1S/C18H23N3O/c1-13-6-8-20-12-16(19-17(20)10-13)18(22)21-9-7-14-4-2-3-5-15(14)11-21/h6,8,10,12,14-15H,2-5,7,9,11H2,1H3/t14-,15+/m0/s1. The Morgan fingerprint density at radius 3 is 2.91 bits per heavy atom. The Morgan fingerprint density at radius 2 is 2.05 bits per heavy atom. The molecule has 2 aromatic rings. The lowest BCUT2D eigenvalue weighted by Gasteiger charge is -2.41. The summed E-state index contributed by atoms with van der Waals surface area (Å²) in [5, 5.41) is 0. The summed E-state index contributed by atoms with van der Waals surface area (Å²) in [5.74, 6) is 1.66. The molecule has 0 aromatic carbocycles. The second-order valence-electron chi connectivity index (χ2n) is 6.94. The van der Waals surface area contributed by atoms with Crippen LogP contribution in [0, 0.1) is 18.8 Å². The first-order chi connectivity index (χ1) is 10.7. The summed E-state index contributed by atoms with van der Waals surface area (Å²) in [6, 6.07) is 4.06. The van der Waals surface area contributed by atoms with Gasteiger partial charge in [-0.3, -0.25) is 4.79 Å². The number of fused-ring (bicyclic) bond motifs is 2. The van der Waals surface area contributed by atoms with Crippen LogP contribution in [0.2, 0.25) is 0 Å². The van der Waals surface area contributed by atoms with Crippen molar-refractivity contribution in [2.24, 2.45) is 11.8 Å². The first-order valence-electron chi connectivity index (χ1n) is 8.45. The van der Waals surface area contributed by atoms with Crippen molar-refractivity contribution in [2.75, 3.05) is 13.1 Å². The van der Waals surface area contributed by atoms with E-state index in [0.29, 0.717) is 11.6 Å². The first-order valence-corrected chi connectivity index (χ1v) is 8.45. The molecule has 0 N–H and O–H groups in total. The SMILES string of the molecule is Cc1ccn2cc(C(=O)N3CC[C@@H]4CCCC[C@@H]4C3)nc2c1. The van der Waals surface area contributed by atoms with Crippen molar-refractivity contribution in [1.29, 1.82) is 0 Å². The lowest BCUT2D eigenvalue weighted by Crippen LogP contribution is -2.44. The van der Waals surface area contributed by atoms with Crippen LogP contribution in [0.5, 0.6) is 0 Å². The van der Waals surface area contributed by atoms with Gasteiger partial charge in [0.1, 0.15) is 11.3 Å². The first kappa shape index (κ1) is 13.8. The van der Waals surface area contributed by atoms with Crippen molar-refractivity contribution < 1.29 is 4.79 Å². The molecule has 4 rings (SSSR count). The summed E-state index contributed by atoms with van der Waals surface area (Å²) < 4.78 is 1.94. The number of piperidine rings is 1. The van der Waals surface area contributed by atoms with Gasteiger partial charge >= 0.3 is 0 Å². The van der Waals surface area contributed by atoms with Gasteiger partial charge in [0.2, 0.25) is 0 Å². The van der Waals surface area contributed by atoms with E-state index in [0.717, 1.165) is 24.7 Å². The van der Waals surface area contributed by atoms with Crippen LogP contribution in [0.15, 0.2) is 24.5 Å². The number of nitrogens with zero attached hydrogens (tertiary/aromatic N) is 3. The summed E-state index contributed by atoms with van der Waals surface area (Å²) in [5.41, 5.74) is 2.61. The molecule has 3 heterocycles. The molecule has 2 atom stereocenters. The molecule has 0 radical (unpaired) electrons. The molecular weight excluding hydrogens is 274 g/mol. The predicted molar refractivity (Wildman–Crippen MR) is 85.9 cm³/mol. The number of hydrogen-bond donors (Lipinski definition) is 0. The van der Waals surface area contributed by atoms with E-state index < -0.39 is 0 Å². The smallest absolute Gasteiger partial charge is 0.274 e. The van der Waals surface area contributed by atoms with E-state index in [2.05, 4.69) is 4.98 Å². The maximum absolute atomic E-state index is 12.8. The number of pyridine rings is 1. The molecular formula is C18H23N3O. The Labute approximate surface area is 131 Å². The number of carbonyl (C=O) groups is 1. The molecule has 1 amide bonds. The fourth-order valence-corrected chi connectivity index (χ4v) is 4.13. The Bertz CT molecular complexity index is 705. The predicted octanol–water partition coefficient (Wildman–Crippen LogP) is 3.30. The van der Waals surface area contributed by atoms with Crippen molar-refractivity contribution in [2.45, 2.75) is 39.0 Å².